The minimum absolute atomic E-state index is 0.108. The largest absolute Gasteiger partial charge is 0.481 e. The lowest BCUT2D eigenvalue weighted by Crippen LogP contribution is -2.46. The van der Waals surface area contributed by atoms with Crippen LogP contribution in [0.3, 0.4) is 0 Å². The second-order valence-corrected chi connectivity index (χ2v) is 5.50. The first kappa shape index (κ1) is 15.4. The number of aromatic nitrogens is 1. The van der Waals surface area contributed by atoms with Crippen LogP contribution in [0.5, 0.6) is 0 Å². The average Bonchev–Trinajstić information content (AvgIpc) is 2.26. The Balaban J connectivity index is 2.97. The van der Waals surface area contributed by atoms with Gasteiger partial charge in [0.2, 0.25) is 0 Å². The van der Waals surface area contributed by atoms with Gasteiger partial charge in [0.05, 0.1) is 6.42 Å². The third-order valence-corrected chi connectivity index (χ3v) is 2.75. The summed E-state index contributed by atoms with van der Waals surface area (Å²) < 4.78 is 0. The summed E-state index contributed by atoms with van der Waals surface area (Å²) in [4.78, 5) is 28.5. The first-order valence-corrected chi connectivity index (χ1v) is 6.26. The van der Waals surface area contributed by atoms with E-state index in [0.717, 1.165) is 0 Å². The van der Waals surface area contributed by atoms with Crippen molar-refractivity contribution < 1.29 is 14.7 Å². The monoisotopic (exact) mass is 284 g/mol. The number of carboxylic acid groups (broad SMARTS) is 1. The Morgan fingerprint density at radius 3 is 2.47 bits per heavy atom. The summed E-state index contributed by atoms with van der Waals surface area (Å²) >= 11 is 5.76. The standard InChI is InChI=1S/C13H17ClN2O3/c1-13(2,3)16(8-7-11(17)18)12(19)9-5-4-6-10(14)15-9/h4-6H,7-8H2,1-3H3,(H,17,18). The van der Waals surface area contributed by atoms with Gasteiger partial charge in [-0.05, 0) is 32.9 Å². The Kier molecular flexibility index (Phi) is 4.89. The molecule has 0 aliphatic heterocycles. The molecule has 6 heteroatoms. The minimum atomic E-state index is -0.943. The normalized spacial score (nSPS) is 11.2. The van der Waals surface area contributed by atoms with E-state index in [-0.39, 0.29) is 29.7 Å². The maximum atomic E-state index is 12.4. The molecule has 1 rings (SSSR count). The van der Waals surface area contributed by atoms with E-state index in [1.54, 1.807) is 18.2 Å². The fourth-order valence-electron chi connectivity index (χ4n) is 1.61. The third-order valence-electron chi connectivity index (χ3n) is 2.54. The number of rotatable bonds is 4. The summed E-state index contributed by atoms with van der Waals surface area (Å²) in [6, 6.07) is 4.78. The van der Waals surface area contributed by atoms with E-state index in [2.05, 4.69) is 4.98 Å². The van der Waals surface area contributed by atoms with Crippen LogP contribution in [0.2, 0.25) is 5.15 Å². The van der Waals surface area contributed by atoms with E-state index >= 15 is 0 Å². The predicted molar refractivity (Wildman–Crippen MR) is 72.3 cm³/mol. The highest BCUT2D eigenvalue weighted by Crippen LogP contribution is 2.18. The van der Waals surface area contributed by atoms with E-state index < -0.39 is 11.5 Å². The molecule has 0 saturated carbocycles. The summed E-state index contributed by atoms with van der Waals surface area (Å²) in [5, 5.41) is 8.98. The van der Waals surface area contributed by atoms with Crippen molar-refractivity contribution >= 4 is 23.5 Å². The zero-order valence-corrected chi connectivity index (χ0v) is 11.9. The van der Waals surface area contributed by atoms with Crippen molar-refractivity contribution in [1.29, 1.82) is 0 Å². The van der Waals surface area contributed by atoms with E-state index in [1.165, 1.54) is 4.90 Å². The molecule has 0 radical (unpaired) electrons. The summed E-state index contributed by atoms with van der Waals surface area (Å²) in [6.07, 6.45) is -0.108. The zero-order chi connectivity index (χ0) is 14.6. The number of halogens is 1. The summed E-state index contributed by atoms with van der Waals surface area (Å²) in [7, 11) is 0. The smallest absolute Gasteiger partial charge is 0.305 e. The van der Waals surface area contributed by atoms with Gasteiger partial charge in [-0.1, -0.05) is 17.7 Å². The molecule has 0 unspecified atom stereocenters. The lowest BCUT2D eigenvalue weighted by Gasteiger charge is -2.35. The number of hydrogen-bond acceptors (Lipinski definition) is 3. The Morgan fingerprint density at radius 1 is 1.37 bits per heavy atom. The van der Waals surface area contributed by atoms with Crippen LogP contribution >= 0.6 is 11.6 Å². The second-order valence-electron chi connectivity index (χ2n) is 5.12. The maximum absolute atomic E-state index is 12.4. The van der Waals surface area contributed by atoms with Crippen molar-refractivity contribution in [2.45, 2.75) is 32.7 Å². The van der Waals surface area contributed by atoms with Crippen LogP contribution in [0.1, 0.15) is 37.7 Å². The molecule has 19 heavy (non-hydrogen) atoms. The quantitative estimate of drug-likeness (QED) is 0.862. The fourth-order valence-corrected chi connectivity index (χ4v) is 1.78. The molecule has 0 aromatic carbocycles. The molecule has 5 nitrogen and oxygen atoms in total. The second kappa shape index (κ2) is 6.02. The molecule has 0 aliphatic carbocycles. The molecule has 1 aromatic heterocycles. The highest BCUT2D eigenvalue weighted by molar-refractivity contribution is 6.29. The number of amides is 1. The molecule has 0 aliphatic rings. The van der Waals surface area contributed by atoms with Gasteiger partial charge in [-0.25, -0.2) is 4.98 Å². The first-order valence-electron chi connectivity index (χ1n) is 5.88. The Hall–Kier alpha value is -1.62. The van der Waals surface area contributed by atoms with Crippen molar-refractivity contribution in [3.05, 3.63) is 29.0 Å². The van der Waals surface area contributed by atoms with Gasteiger partial charge in [0.25, 0.3) is 5.91 Å². The molecule has 1 amide bonds. The summed E-state index contributed by atoms with van der Waals surface area (Å²) in [5.74, 6) is -1.27. The number of carboxylic acids is 1. The first-order chi connectivity index (χ1) is 8.71. The predicted octanol–water partition coefficient (Wildman–Crippen LogP) is 2.45. The molecule has 0 bridgehead atoms. The highest BCUT2D eigenvalue weighted by Gasteiger charge is 2.28. The minimum Gasteiger partial charge on any atom is -0.481 e. The number of hydrogen-bond donors (Lipinski definition) is 1. The lowest BCUT2D eigenvalue weighted by atomic mass is 10.0. The Labute approximate surface area is 117 Å². The van der Waals surface area contributed by atoms with E-state index in [9.17, 15) is 9.59 Å². The molecule has 0 atom stereocenters. The molecule has 104 valence electrons. The fraction of sp³-hybridized carbons (Fsp3) is 0.462. The van der Waals surface area contributed by atoms with E-state index in [0.29, 0.717) is 0 Å². The van der Waals surface area contributed by atoms with Gasteiger partial charge in [0, 0.05) is 12.1 Å². The third kappa shape index (κ3) is 4.52. The van der Waals surface area contributed by atoms with E-state index in [4.69, 9.17) is 16.7 Å². The van der Waals surface area contributed by atoms with Crippen LogP contribution in [0.15, 0.2) is 18.2 Å². The lowest BCUT2D eigenvalue weighted by molar-refractivity contribution is -0.137. The molecular formula is C13H17ClN2O3. The number of carbonyl (C=O) groups excluding carboxylic acids is 1. The SMILES string of the molecule is CC(C)(C)N(CCC(=O)O)C(=O)c1cccc(Cl)n1. The van der Waals surface area contributed by atoms with Gasteiger partial charge < -0.3 is 10.0 Å². The highest BCUT2D eigenvalue weighted by atomic mass is 35.5. The maximum Gasteiger partial charge on any atom is 0.305 e. The van der Waals surface area contributed by atoms with Crippen molar-refractivity contribution in [3.8, 4) is 0 Å². The molecular weight excluding hydrogens is 268 g/mol. The number of nitrogens with zero attached hydrogens (tertiary/aromatic N) is 2. The Bertz CT molecular complexity index is 483. The summed E-state index contributed by atoms with van der Waals surface area (Å²) in [5.41, 5.74) is -0.274. The molecule has 1 heterocycles. The van der Waals surface area contributed by atoms with Crippen molar-refractivity contribution in [1.82, 2.24) is 9.88 Å². The van der Waals surface area contributed by atoms with Gasteiger partial charge >= 0.3 is 5.97 Å². The van der Waals surface area contributed by atoms with Crippen LogP contribution in [0.25, 0.3) is 0 Å². The molecule has 1 N–H and O–H groups in total. The van der Waals surface area contributed by atoms with Crippen LogP contribution in [-0.4, -0.2) is 39.0 Å². The number of aliphatic carboxylic acids is 1. The van der Waals surface area contributed by atoms with Crippen LogP contribution in [-0.2, 0) is 4.79 Å². The zero-order valence-electron chi connectivity index (χ0n) is 11.2. The van der Waals surface area contributed by atoms with Crippen LogP contribution in [0.4, 0.5) is 0 Å². The van der Waals surface area contributed by atoms with E-state index in [1.807, 2.05) is 20.8 Å². The number of carbonyl (C=O) groups is 2. The van der Waals surface area contributed by atoms with Gasteiger partial charge in [0.1, 0.15) is 10.8 Å². The van der Waals surface area contributed by atoms with Crippen LogP contribution in [0, 0.1) is 0 Å². The van der Waals surface area contributed by atoms with Gasteiger partial charge in [-0.3, -0.25) is 9.59 Å². The van der Waals surface area contributed by atoms with Crippen LogP contribution < -0.4 is 0 Å². The average molecular weight is 285 g/mol. The molecule has 1 aromatic rings. The van der Waals surface area contributed by atoms with Crippen molar-refractivity contribution in [3.63, 3.8) is 0 Å². The summed E-state index contributed by atoms with van der Waals surface area (Å²) in [6.45, 7) is 5.66. The molecule has 0 spiro atoms. The van der Waals surface area contributed by atoms with Gasteiger partial charge in [-0.15, -0.1) is 0 Å². The topological polar surface area (TPSA) is 70.5 Å². The Morgan fingerprint density at radius 2 is 2.00 bits per heavy atom. The van der Waals surface area contributed by atoms with Gasteiger partial charge in [0.15, 0.2) is 0 Å². The van der Waals surface area contributed by atoms with Gasteiger partial charge in [-0.2, -0.15) is 0 Å². The molecule has 0 fully saturated rings. The number of pyridine rings is 1. The van der Waals surface area contributed by atoms with Crippen molar-refractivity contribution in [2.24, 2.45) is 0 Å². The van der Waals surface area contributed by atoms with Crippen molar-refractivity contribution in [2.75, 3.05) is 6.54 Å². The molecule has 0 saturated heterocycles.